The Bertz CT molecular complexity index is 643. The maximum absolute atomic E-state index is 6.74. The molecule has 2 unspecified atom stereocenters. The predicted octanol–water partition coefficient (Wildman–Crippen LogP) is 4.82. The summed E-state index contributed by atoms with van der Waals surface area (Å²) < 4.78 is 5.72. The molecular formula is C19H22ClNO. The fourth-order valence-corrected chi connectivity index (χ4v) is 3.53. The average Bonchev–Trinajstić information content (AvgIpc) is 2.84. The first kappa shape index (κ1) is 15.2. The summed E-state index contributed by atoms with van der Waals surface area (Å²) in [5.74, 6) is 0.894. The predicted molar refractivity (Wildman–Crippen MR) is 93.2 cm³/mol. The minimum absolute atomic E-state index is 0.0867. The zero-order valence-corrected chi connectivity index (χ0v) is 13.9. The fourth-order valence-electron chi connectivity index (χ4n) is 3.21. The Balaban J connectivity index is 1.82. The molecule has 0 radical (unpaired) electrons. The van der Waals surface area contributed by atoms with Gasteiger partial charge in [0.05, 0.1) is 12.0 Å². The number of halogens is 1. The molecular weight excluding hydrogens is 294 g/mol. The van der Waals surface area contributed by atoms with E-state index in [0.717, 1.165) is 24.3 Å². The molecule has 0 fully saturated rings. The summed E-state index contributed by atoms with van der Waals surface area (Å²) in [6.07, 6.45) is 1.09. The van der Waals surface area contributed by atoms with E-state index < -0.39 is 0 Å². The van der Waals surface area contributed by atoms with Gasteiger partial charge in [0.25, 0.3) is 0 Å². The van der Waals surface area contributed by atoms with Gasteiger partial charge in [0.2, 0.25) is 0 Å². The molecule has 3 heteroatoms. The first-order valence-corrected chi connectivity index (χ1v) is 8.34. The highest BCUT2D eigenvalue weighted by molar-refractivity contribution is 6.21. The minimum atomic E-state index is -0.0867. The number of benzene rings is 2. The number of fused-ring (bicyclic) bond motifs is 1. The molecule has 2 nitrogen and oxygen atoms in total. The monoisotopic (exact) mass is 315 g/mol. The molecule has 0 spiro atoms. The topological polar surface area (TPSA) is 12.5 Å². The zero-order chi connectivity index (χ0) is 15.5. The molecule has 1 aliphatic heterocycles. The van der Waals surface area contributed by atoms with Crippen LogP contribution in [0.4, 0.5) is 5.69 Å². The highest BCUT2D eigenvalue weighted by Crippen LogP contribution is 2.36. The van der Waals surface area contributed by atoms with Gasteiger partial charge in [0.1, 0.15) is 5.75 Å². The smallest absolute Gasteiger partial charge is 0.124 e. The SMILES string of the molecule is CCOc1ccccc1C(Cl)CN1c2ccccc2CC1C. The maximum atomic E-state index is 6.74. The van der Waals surface area contributed by atoms with Crippen molar-refractivity contribution in [2.45, 2.75) is 31.7 Å². The lowest BCUT2D eigenvalue weighted by Crippen LogP contribution is -2.32. The largest absolute Gasteiger partial charge is 0.494 e. The Morgan fingerprint density at radius 3 is 2.73 bits per heavy atom. The second-order valence-electron chi connectivity index (χ2n) is 5.77. The van der Waals surface area contributed by atoms with E-state index in [1.54, 1.807) is 0 Å². The van der Waals surface area contributed by atoms with Gasteiger partial charge in [-0.05, 0) is 38.0 Å². The van der Waals surface area contributed by atoms with Crippen molar-refractivity contribution in [2.24, 2.45) is 0 Å². The quantitative estimate of drug-likeness (QED) is 0.734. The molecule has 3 rings (SSSR count). The molecule has 0 saturated heterocycles. The molecule has 0 N–H and O–H groups in total. The van der Waals surface area contributed by atoms with Gasteiger partial charge in [-0.1, -0.05) is 36.4 Å². The van der Waals surface area contributed by atoms with E-state index in [1.165, 1.54) is 11.3 Å². The van der Waals surface area contributed by atoms with Crippen molar-refractivity contribution in [3.8, 4) is 5.75 Å². The van der Waals surface area contributed by atoms with Crippen molar-refractivity contribution in [3.63, 3.8) is 0 Å². The van der Waals surface area contributed by atoms with Gasteiger partial charge in [-0.25, -0.2) is 0 Å². The van der Waals surface area contributed by atoms with Crippen LogP contribution < -0.4 is 9.64 Å². The molecule has 0 bridgehead atoms. The summed E-state index contributed by atoms with van der Waals surface area (Å²) in [5.41, 5.74) is 3.80. The van der Waals surface area contributed by atoms with Crippen molar-refractivity contribution in [1.29, 1.82) is 0 Å². The summed E-state index contributed by atoms with van der Waals surface area (Å²) in [6, 6.07) is 17.2. The lowest BCUT2D eigenvalue weighted by atomic mass is 10.1. The average molecular weight is 316 g/mol. The van der Waals surface area contributed by atoms with Gasteiger partial charge in [0, 0.05) is 23.8 Å². The second-order valence-corrected chi connectivity index (χ2v) is 6.30. The summed E-state index contributed by atoms with van der Waals surface area (Å²) in [7, 11) is 0. The Kier molecular flexibility index (Phi) is 4.58. The number of ether oxygens (including phenoxy) is 1. The van der Waals surface area contributed by atoms with Crippen LogP contribution in [0, 0.1) is 0 Å². The lowest BCUT2D eigenvalue weighted by Gasteiger charge is -2.28. The number of para-hydroxylation sites is 2. The van der Waals surface area contributed by atoms with Gasteiger partial charge in [0.15, 0.2) is 0 Å². The van der Waals surface area contributed by atoms with Gasteiger partial charge < -0.3 is 9.64 Å². The number of nitrogens with zero attached hydrogens (tertiary/aromatic N) is 1. The number of rotatable bonds is 5. The Morgan fingerprint density at radius 1 is 1.18 bits per heavy atom. The van der Waals surface area contributed by atoms with Crippen molar-refractivity contribution in [2.75, 3.05) is 18.1 Å². The molecule has 0 saturated carbocycles. The maximum Gasteiger partial charge on any atom is 0.124 e. The van der Waals surface area contributed by atoms with Gasteiger partial charge >= 0.3 is 0 Å². The van der Waals surface area contributed by atoms with E-state index in [2.05, 4.69) is 42.2 Å². The molecule has 0 aromatic heterocycles. The molecule has 2 aromatic carbocycles. The van der Waals surface area contributed by atoms with Crippen LogP contribution in [0.1, 0.15) is 30.4 Å². The van der Waals surface area contributed by atoms with E-state index >= 15 is 0 Å². The highest BCUT2D eigenvalue weighted by atomic mass is 35.5. The molecule has 1 heterocycles. The lowest BCUT2D eigenvalue weighted by molar-refractivity contribution is 0.336. The molecule has 0 aliphatic carbocycles. The van der Waals surface area contributed by atoms with Crippen molar-refractivity contribution in [1.82, 2.24) is 0 Å². The van der Waals surface area contributed by atoms with Crippen LogP contribution in [0.25, 0.3) is 0 Å². The molecule has 0 amide bonds. The molecule has 2 aromatic rings. The van der Waals surface area contributed by atoms with Crippen LogP contribution in [-0.4, -0.2) is 19.2 Å². The normalized spacial score (nSPS) is 18.1. The van der Waals surface area contributed by atoms with Crippen LogP contribution in [0.2, 0.25) is 0 Å². The third-order valence-electron chi connectivity index (χ3n) is 4.26. The first-order valence-electron chi connectivity index (χ1n) is 7.91. The molecule has 2 atom stereocenters. The van der Waals surface area contributed by atoms with Crippen LogP contribution in [0.15, 0.2) is 48.5 Å². The van der Waals surface area contributed by atoms with Gasteiger partial charge in [-0.2, -0.15) is 0 Å². The number of alkyl halides is 1. The van der Waals surface area contributed by atoms with E-state index in [4.69, 9.17) is 16.3 Å². The summed E-state index contributed by atoms with van der Waals surface area (Å²) >= 11 is 6.74. The van der Waals surface area contributed by atoms with Crippen molar-refractivity contribution in [3.05, 3.63) is 59.7 Å². The number of hydrogen-bond donors (Lipinski definition) is 0. The summed E-state index contributed by atoms with van der Waals surface area (Å²) in [6.45, 7) is 5.71. The molecule has 1 aliphatic rings. The summed E-state index contributed by atoms with van der Waals surface area (Å²) in [4.78, 5) is 2.41. The van der Waals surface area contributed by atoms with Crippen LogP contribution in [0.5, 0.6) is 5.75 Å². The highest BCUT2D eigenvalue weighted by Gasteiger charge is 2.28. The Morgan fingerprint density at radius 2 is 1.91 bits per heavy atom. The van der Waals surface area contributed by atoms with Gasteiger partial charge in [-0.3, -0.25) is 0 Å². The second kappa shape index (κ2) is 6.62. The van der Waals surface area contributed by atoms with Gasteiger partial charge in [-0.15, -0.1) is 11.6 Å². The van der Waals surface area contributed by atoms with Crippen LogP contribution >= 0.6 is 11.6 Å². The Hall–Kier alpha value is -1.67. The van der Waals surface area contributed by atoms with Crippen molar-refractivity contribution < 1.29 is 4.74 Å². The number of hydrogen-bond acceptors (Lipinski definition) is 2. The summed E-state index contributed by atoms with van der Waals surface area (Å²) in [5, 5.41) is -0.0867. The standard InChI is InChI=1S/C19H22ClNO/c1-3-22-19-11-7-5-9-16(19)17(20)13-21-14(2)12-15-8-4-6-10-18(15)21/h4-11,14,17H,3,12-13H2,1-2H3. The first-order chi connectivity index (χ1) is 10.7. The van der Waals surface area contributed by atoms with E-state index in [0.29, 0.717) is 12.6 Å². The van der Waals surface area contributed by atoms with E-state index in [9.17, 15) is 0 Å². The zero-order valence-electron chi connectivity index (χ0n) is 13.1. The molecule has 22 heavy (non-hydrogen) atoms. The minimum Gasteiger partial charge on any atom is -0.494 e. The van der Waals surface area contributed by atoms with Crippen LogP contribution in [0.3, 0.4) is 0 Å². The van der Waals surface area contributed by atoms with Crippen molar-refractivity contribution >= 4 is 17.3 Å². The fraction of sp³-hybridized carbons (Fsp3) is 0.368. The molecule has 116 valence electrons. The third kappa shape index (κ3) is 2.93. The van der Waals surface area contributed by atoms with Crippen LogP contribution in [-0.2, 0) is 6.42 Å². The van der Waals surface area contributed by atoms with E-state index in [1.807, 2.05) is 25.1 Å². The Labute approximate surface area is 137 Å². The third-order valence-corrected chi connectivity index (χ3v) is 4.63. The van der Waals surface area contributed by atoms with E-state index in [-0.39, 0.29) is 5.38 Å². The number of anilines is 1.